The van der Waals surface area contributed by atoms with Crippen molar-refractivity contribution in [3.05, 3.63) is 106 Å². The standard InChI is InChI=1S/C24H22O4/c1-17-9-3-5-11-19(17)15-27-23(25)21-13-7-8-14-22(21)24(26)28-16-20-12-6-4-10-18(20)2/h3-14H,15-16H2,1-2H3. The van der Waals surface area contributed by atoms with E-state index in [1.54, 1.807) is 24.3 Å². The van der Waals surface area contributed by atoms with Crippen molar-refractivity contribution in [2.75, 3.05) is 0 Å². The zero-order chi connectivity index (χ0) is 19.9. The van der Waals surface area contributed by atoms with Crippen molar-refractivity contribution in [2.24, 2.45) is 0 Å². The van der Waals surface area contributed by atoms with Gasteiger partial charge in [-0.25, -0.2) is 9.59 Å². The summed E-state index contributed by atoms with van der Waals surface area (Å²) in [5.74, 6) is -1.10. The highest BCUT2D eigenvalue weighted by Crippen LogP contribution is 2.16. The zero-order valence-corrected chi connectivity index (χ0v) is 16.0. The molecule has 0 radical (unpaired) electrons. The van der Waals surface area contributed by atoms with E-state index >= 15 is 0 Å². The van der Waals surface area contributed by atoms with Crippen LogP contribution in [-0.2, 0) is 22.7 Å². The maximum Gasteiger partial charge on any atom is 0.339 e. The second kappa shape index (κ2) is 9.00. The van der Waals surface area contributed by atoms with Crippen LogP contribution in [0.25, 0.3) is 0 Å². The maximum absolute atomic E-state index is 12.6. The van der Waals surface area contributed by atoms with Crippen LogP contribution in [0.3, 0.4) is 0 Å². The molecule has 0 saturated carbocycles. The second-order valence-corrected chi connectivity index (χ2v) is 6.55. The summed E-state index contributed by atoms with van der Waals surface area (Å²) in [6.07, 6.45) is 0. The van der Waals surface area contributed by atoms with Crippen molar-refractivity contribution < 1.29 is 19.1 Å². The number of hydrogen-bond acceptors (Lipinski definition) is 4. The molecule has 3 rings (SSSR count). The first kappa shape index (κ1) is 19.4. The number of benzene rings is 3. The van der Waals surface area contributed by atoms with Gasteiger partial charge in [0.05, 0.1) is 11.1 Å². The summed E-state index contributed by atoms with van der Waals surface area (Å²) in [7, 11) is 0. The minimum absolute atomic E-state index is 0.151. The number of esters is 2. The Balaban J connectivity index is 1.69. The van der Waals surface area contributed by atoms with E-state index in [9.17, 15) is 9.59 Å². The average molecular weight is 374 g/mol. The third-order valence-corrected chi connectivity index (χ3v) is 4.61. The zero-order valence-electron chi connectivity index (χ0n) is 16.0. The van der Waals surface area contributed by atoms with E-state index in [2.05, 4.69) is 0 Å². The molecule has 0 aliphatic heterocycles. The van der Waals surface area contributed by atoms with Gasteiger partial charge in [-0.2, -0.15) is 0 Å². The Morgan fingerprint density at radius 2 is 0.964 bits per heavy atom. The molecule has 0 spiro atoms. The second-order valence-electron chi connectivity index (χ2n) is 6.55. The summed E-state index contributed by atoms with van der Waals surface area (Å²) >= 11 is 0. The Hall–Kier alpha value is -3.40. The van der Waals surface area contributed by atoms with E-state index in [1.807, 2.05) is 62.4 Å². The highest BCUT2D eigenvalue weighted by molar-refractivity contribution is 6.03. The summed E-state index contributed by atoms with van der Waals surface area (Å²) in [4.78, 5) is 25.1. The SMILES string of the molecule is Cc1ccccc1COC(=O)c1ccccc1C(=O)OCc1ccccc1C. The summed E-state index contributed by atoms with van der Waals surface area (Å²) in [5.41, 5.74) is 4.34. The third-order valence-electron chi connectivity index (χ3n) is 4.61. The first-order valence-electron chi connectivity index (χ1n) is 9.08. The van der Waals surface area contributed by atoms with Crippen molar-refractivity contribution in [3.63, 3.8) is 0 Å². The fourth-order valence-corrected chi connectivity index (χ4v) is 2.83. The molecule has 142 valence electrons. The molecule has 0 unspecified atom stereocenters. The molecule has 0 N–H and O–H groups in total. The fourth-order valence-electron chi connectivity index (χ4n) is 2.83. The normalized spacial score (nSPS) is 10.4. The Bertz CT molecular complexity index is 911. The van der Waals surface area contributed by atoms with Crippen LogP contribution in [0.1, 0.15) is 43.0 Å². The minimum atomic E-state index is -0.549. The van der Waals surface area contributed by atoms with E-state index < -0.39 is 11.9 Å². The van der Waals surface area contributed by atoms with Crippen molar-refractivity contribution >= 4 is 11.9 Å². The van der Waals surface area contributed by atoms with Crippen molar-refractivity contribution in [1.82, 2.24) is 0 Å². The Kier molecular flexibility index (Phi) is 6.22. The molecule has 0 heterocycles. The molecule has 0 amide bonds. The van der Waals surface area contributed by atoms with Gasteiger partial charge in [-0.15, -0.1) is 0 Å². The summed E-state index contributed by atoms with van der Waals surface area (Å²) in [6, 6.07) is 21.9. The van der Waals surface area contributed by atoms with E-state index in [0.29, 0.717) is 0 Å². The molecule has 3 aromatic rings. The van der Waals surface area contributed by atoms with Crippen molar-refractivity contribution in [3.8, 4) is 0 Å². The molecule has 0 atom stereocenters. The van der Waals surface area contributed by atoms with Gasteiger partial charge in [0.2, 0.25) is 0 Å². The van der Waals surface area contributed by atoms with E-state index in [4.69, 9.17) is 9.47 Å². The highest BCUT2D eigenvalue weighted by Gasteiger charge is 2.19. The van der Waals surface area contributed by atoms with Crippen molar-refractivity contribution in [2.45, 2.75) is 27.1 Å². The van der Waals surface area contributed by atoms with Crippen LogP contribution >= 0.6 is 0 Å². The van der Waals surface area contributed by atoms with Crippen LogP contribution in [0.5, 0.6) is 0 Å². The Morgan fingerprint density at radius 1 is 0.607 bits per heavy atom. The van der Waals surface area contributed by atoms with Gasteiger partial charge in [-0.1, -0.05) is 60.7 Å². The fraction of sp³-hybridized carbons (Fsp3) is 0.167. The lowest BCUT2D eigenvalue weighted by molar-refractivity contribution is 0.0424. The molecule has 28 heavy (non-hydrogen) atoms. The molecule has 0 aromatic heterocycles. The topological polar surface area (TPSA) is 52.6 Å². The van der Waals surface area contributed by atoms with Crippen LogP contribution in [-0.4, -0.2) is 11.9 Å². The summed E-state index contributed by atoms with van der Waals surface area (Å²) < 4.78 is 10.8. The molecule has 0 fully saturated rings. The summed E-state index contributed by atoms with van der Waals surface area (Å²) in [6.45, 7) is 4.22. The maximum atomic E-state index is 12.6. The quantitative estimate of drug-likeness (QED) is 0.569. The van der Waals surface area contributed by atoms with Gasteiger partial charge in [-0.3, -0.25) is 0 Å². The first-order chi connectivity index (χ1) is 13.6. The molecule has 4 nitrogen and oxygen atoms in total. The van der Waals surface area contributed by atoms with Crippen LogP contribution in [0.15, 0.2) is 72.8 Å². The number of rotatable bonds is 6. The van der Waals surface area contributed by atoms with Crippen LogP contribution in [0, 0.1) is 13.8 Å². The van der Waals surface area contributed by atoms with Crippen LogP contribution in [0.2, 0.25) is 0 Å². The molecular weight excluding hydrogens is 352 g/mol. The average Bonchev–Trinajstić information content (AvgIpc) is 2.72. The van der Waals surface area contributed by atoms with Gasteiger partial charge in [0.15, 0.2) is 0 Å². The number of carbonyl (C=O) groups is 2. The number of carbonyl (C=O) groups excluding carboxylic acids is 2. The van der Waals surface area contributed by atoms with E-state index in [0.717, 1.165) is 22.3 Å². The summed E-state index contributed by atoms with van der Waals surface area (Å²) in [5, 5.41) is 0. The molecular formula is C24H22O4. The van der Waals surface area contributed by atoms with E-state index in [-0.39, 0.29) is 24.3 Å². The van der Waals surface area contributed by atoms with Gasteiger partial charge < -0.3 is 9.47 Å². The molecule has 0 aliphatic rings. The molecule has 0 saturated heterocycles. The highest BCUT2D eigenvalue weighted by atomic mass is 16.5. The van der Waals surface area contributed by atoms with Gasteiger partial charge in [0.1, 0.15) is 13.2 Å². The number of hydrogen-bond donors (Lipinski definition) is 0. The minimum Gasteiger partial charge on any atom is -0.457 e. The first-order valence-corrected chi connectivity index (χ1v) is 9.08. The van der Waals surface area contributed by atoms with E-state index in [1.165, 1.54) is 0 Å². The molecule has 0 bridgehead atoms. The smallest absolute Gasteiger partial charge is 0.339 e. The monoisotopic (exact) mass is 374 g/mol. The lowest BCUT2D eigenvalue weighted by Crippen LogP contribution is -2.14. The number of aryl methyl sites for hydroxylation is 2. The Morgan fingerprint density at radius 3 is 1.36 bits per heavy atom. The largest absolute Gasteiger partial charge is 0.457 e. The van der Waals surface area contributed by atoms with Gasteiger partial charge >= 0.3 is 11.9 Å². The lowest BCUT2D eigenvalue weighted by atomic mass is 10.1. The molecule has 4 heteroatoms. The van der Waals surface area contributed by atoms with Crippen molar-refractivity contribution in [1.29, 1.82) is 0 Å². The predicted molar refractivity (Wildman–Crippen MR) is 107 cm³/mol. The predicted octanol–water partition coefficient (Wildman–Crippen LogP) is 5.02. The molecule has 3 aromatic carbocycles. The van der Waals surface area contributed by atoms with Crippen LogP contribution < -0.4 is 0 Å². The van der Waals surface area contributed by atoms with Gasteiger partial charge in [0, 0.05) is 0 Å². The van der Waals surface area contributed by atoms with Crippen LogP contribution in [0.4, 0.5) is 0 Å². The third kappa shape index (κ3) is 4.65. The lowest BCUT2D eigenvalue weighted by Gasteiger charge is -2.11. The van der Waals surface area contributed by atoms with Gasteiger partial charge in [-0.05, 0) is 48.2 Å². The number of ether oxygens (including phenoxy) is 2. The molecule has 0 aliphatic carbocycles. The van der Waals surface area contributed by atoms with Gasteiger partial charge in [0.25, 0.3) is 0 Å². The Labute approximate surface area is 164 Å².